The maximum atomic E-state index is 4.98. The Labute approximate surface area is 144 Å². The molecule has 120 valence electrons. The zero-order chi connectivity index (χ0) is 14.5. The van der Waals surface area contributed by atoms with Gasteiger partial charge in [-0.3, -0.25) is 4.99 Å². The Kier molecular flexibility index (Phi) is 13.2. The van der Waals surface area contributed by atoms with Gasteiger partial charge in [0.05, 0.1) is 6.61 Å². The van der Waals surface area contributed by atoms with Gasteiger partial charge in [-0.15, -0.1) is 24.0 Å². The lowest BCUT2D eigenvalue weighted by Crippen LogP contribution is -2.39. The molecule has 6 nitrogen and oxygen atoms in total. The van der Waals surface area contributed by atoms with Crippen molar-refractivity contribution < 1.29 is 4.74 Å². The van der Waals surface area contributed by atoms with Crippen LogP contribution in [0.25, 0.3) is 0 Å². The van der Waals surface area contributed by atoms with E-state index in [9.17, 15) is 0 Å². The Morgan fingerprint density at radius 3 is 2.62 bits per heavy atom. The number of nitrogens with zero attached hydrogens (tertiary/aromatic N) is 2. The van der Waals surface area contributed by atoms with Gasteiger partial charge in [0, 0.05) is 40.0 Å². The van der Waals surface area contributed by atoms with Gasteiger partial charge in [-0.25, -0.2) is 4.98 Å². The molecule has 0 aliphatic rings. The Morgan fingerprint density at radius 2 is 1.95 bits per heavy atom. The van der Waals surface area contributed by atoms with Crippen molar-refractivity contribution in [1.29, 1.82) is 0 Å². The van der Waals surface area contributed by atoms with E-state index in [2.05, 4.69) is 25.9 Å². The van der Waals surface area contributed by atoms with Crippen LogP contribution in [0, 0.1) is 0 Å². The molecule has 0 atom stereocenters. The van der Waals surface area contributed by atoms with Crippen molar-refractivity contribution in [2.75, 3.05) is 45.7 Å². The lowest BCUT2D eigenvalue weighted by atomic mass is 10.3. The topological polar surface area (TPSA) is 70.6 Å². The number of methoxy groups -OCH3 is 1. The van der Waals surface area contributed by atoms with Crippen LogP contribution in [-0.4, -0.2) is 51.3 Å². The van der Waals surface area contributed by atoms with Crippen LogP contribution in [0.1, 0.15) is 12.8 Å². The van der Waals surface area contributed by atoms with Crippen molar-refractivity contribution in [2.45, 2.75) is 12.8 Å². The quantitative estimate of drug-likeness (QED) is 0.252. The Bertz CT molecular complexity index is 375. The minimum absolute atomic E-state index is 0. The summed E-state index contributed by atoms with van der Waals surface area (Å²) in [5.41, 5.74) is 0. The predicted molar refractivity (Wildman–Crippen MR) is 98.6 cm³/mol. The normalized spacial score (nSPS) is 10.7. The van der Waals surface area contributed by atoms with Crippen LogP contribution in [0.2, 0.25) is 0 Å². The maximum Gasteiger partial charge on any atom is 0.191 e. The lowest BCUT2D eigenvalue weighted by Gasteiger charge is -2.11. The van der Waals surface area contributed by atoms with Crippen LogP contribution < -0.4 is 16.0 Å². The van der Waals surface area contributed by atoms with Crippen LogP contribution in [0.5, 0.6) is 0 Å². The summed E-state index contributed by atoms with van der Waals surface area (Å²) >= 11 is 0. The number of guanidine groups is 1. The molecule has 0 aliphatic carbocycles. The largest absolute Gasteiger partial charge is 0.383 e. The van der Waals surface area contributed by atoms with Crippen molar-refractivity contribution in [3.8, 4) is 0 Å². The van der Waals surface area contributed by atoms with Gasteiger partial charge < -0.3 is 20.7 Å². The van der Waals surface area contributed by atoms with E-state index in [4.69, 9.17) is 4.74 Å². The molecule has 0 saturated heterocycles. The van der Waals surface area contributed by atoms with E-state index in [-0.39, 0.29) is 24.0 Å². The maximum absolute atomic E-state index is 4.98. The summed E-state index contributed by atoms with van der Waals surface area (Å²) in [5, 5.41) is 9.73. The van der Waals surface area contributed by atoms with E-state index in [1.54, 1.807) is 20.4 Å². The van der Waals surface area contributed by atoms with Gasteiger partial charge in [-0.2, -0.15) is 0 Å². The number of aliphatic imine (C=N–C) groups is 1. The van der Waals surface area contributed by atoms with Gasteiger partial charge >= 0.3 is 0 Å². The summed E-state index contributed by atoms with van der Waals surface area (Å²) in [4.78, 5) is 8.35. The number of hydrogen-bond acceptors (Lipinski definition) is 4. The number of rotatable bonds is 9. The van der Waals surface area contributed by atoms with Gasteiger partial charge in [-0.1, -0.05) is 6.07 Å². The minimum atomic E-state index is 0. The molecule has 7 heteroatoms. The number of pyridine rings is 1. The molecule has 0 spiro atoms. The average molecular weight is 407 g/mol. The van der Waals surface area contributed by atoms with Crippen LogP contribution in [0.15, 0.2) is 29.4 Å². The molecule has 1 aromatic heterocycles. The first kappa shape index (κ1) is 19.9. The summed E-state index contributed by atoms with van der Waals surface area (Å²) in [7, 11) is 3.46. The number of ether oxygens (including phenoxy) is 1. The van der Waals surface area contributed by atoms with Gasteiger partial charge in [0.2, 0.25) is 0 Å². The number of unbranched alkanes of at least 4 members (excludes halogenated alkanes) is 1. The third kappa shape index (κ3) is 10.3. The first-order chi connectivity index (χ1) is 9.86. The van der Waals surface area contributed by atoms with Crippen molar-refractivity contribution in [3.05, 3.63) is 24.4 Å². The van der Waals surface area contributed by atoms with E-state index < -0.39 is 0 Å². The summed E-state index contributed by atoms with van der Waals surface area (Å²) in [5.74, 6) is 1.75. The molecular formula is C14H26IN5O. The fourth-order valence-electron chi connectivity index (χ4n) is 1.63. The SMILES string of the molecule is CN=C(NCCCCNc1ccccn1)NCCOC.I. The smallest absolute Gasteiger partial charge is 0.191 e. The van der Waals surface area contributed by atoms with Crippen LogP contribution in [0.3, 0.4) is 0 Å². The van der Waals surface area contributed by atoms with Crippen molar-refractivity contribution in [2.24, 2.45) is 4.99 Å². The first-order valence-electron chi connectivity index (χ1n) is 6.95. The van der Waals surface area contributed by atoms with E-state index >= 15 is 0 Å². The highest BCUT2D eigenvalue weighted by Crippen LogP contribution is 1.99. The Balaban J connectivity index is 0.00000400. The first-order valence-corrected chi connectivity index (χ1v) is 6.95. The standard InChI is InChI=1S/C14H25N5O.HI/c1-15-14(19-11-12-20-2)18-10-6-5-9-17-13-7-3-4-8-16-13;/h3-4,7-8H,5-6,9-12H2,1-2H3,(H,16,17)(H2,15,18,19);1H. The van der Waals surface area contributed by atoms with Crippen LogP contribution in [-0.2, 0) is 4.74 Å². The number of nitrogens with one attached hydrogen (secondary N) is 3. The van der Waals surface area contributed by atoms with E-state index in [1.165, 1.54) is 0 Å². The van der Waals surface area contributed by atoms with Crippen molar-refractivity contribution >= 4 is 35.8 Å². The molecule has 3 N–H and O–H groups in total. The number of aromatic nitrogens is 1. The Hall–Kier alpha value is -1.09. The Morgan fingerprint density at radius 1 is 1.19 bits per heavy atom. The second kappa shape index (κ2) is 13.9. The summed E-state index contributed by atoms with van der Waals surface area (Å²) in [6.07, 6.45) is 3.95. The summed E-state index contributed by atoms with van der Waals surface area (Å²) in [6, 6.07) is 5.86. The van der Waals surface area contributed by atoms with Gasteiger partial charge in [0.1, 0.15) is 5.82 Å². The van der Waals surface area contributed by atoms with Crippen molar-refractivity contribution in [1.82, 2.24) is 15.6 Å². The van der Waals surface area contributed by atoms with E-state index in [0.717, 1.165) is 44.3 Å². The molecule has 21 heavy (non-hydrogen) atoms. The number of hydrogen-bond donors (Lipinski definition) is 3. The number of anilines is 1. The highest BCUT2D eigenvalue weighted by molar-refractivity contribution is 14.0. The van der Waals surface area contributed by atoms with Crippen LogP contribution >= 0.6 is 24.0 Å². The molecule has 1 aromatic rings. The monoisotopic (exact) mass is 407 g/mol. The van der Waals surface area contributed by atoms with E-state index in [1.807, 2.05) is 18.2 Å². The highest BCUT2D eigenvalue weighted by Gasteiger charge is 1.96. The van der Waals surface area contributed by atoms with Crippen LogP contribution in [0.4, 0.5) is 5.82 Å². The van der Waals surface area contributed by atoms with Gasteiger partial charge in [0.15, 0.2) is 5.96 Å². The van der Waals surface area contributed by atoms with Gasteiger partial charge in [-0.05, 0) is 25.0 Å². The fraction of sp³-hybridized carbons (Fsp3) is 0.571. The fourth-order valence-corrected chi connectivity index (χ4v) is 1.63. The summed E-state index contributed by atoms with van der Waals surface area (Å²) < 4.78 is 4.98. The second-order valence-electron chi connectivity index (χ2n) is 4.27. The molecule has 0 amide bonds. The van der Waals surface area contributed by atoms with Crippen molar-refractivity contribution in [3.63, 3.8) is 0 Å². The molecule has 0 aliphatic heterocycles. The molecule has 1 heterocycles. The molecule has 0 unspecified atom stereocenters. The molecule has 1 rings (SSSR count). The zero-order valence-corrected chi connectivity index (χ0v) is 15.1. The molecular weight excluding hydrogens is 381 g/mol. The molecule has 0 saturated carbocycles. The average Bonchev–Trinajstić information content (AvgIpc) is 2.50. The highest BCUT2D eigenvalue weighted by atomic mass is 127. The minimum Gasteiger partial charge on any atom is -0.383 e. The predicted octanol–water partition coefficient (Wildman–Crippen LogP) is 1.70. The lowest BCUT2D eigenvalue weighted by molar-refractivity contribution is 0.203. The van der Waals surface area contributed by atoms with Gasteiger partial charge in [0.25, 0.3) is 0 Å². The summed E-state index contributed by atoms with van der Waals surface area (Å²) in [6.45, 7) is 3.26. The molecule has 0 aromatic carbocycles. The number of halogens is 1. The molecule has 0 radical (unpaired) electrons. The second-order valence-corrected chi connectivity index (χ2v) is 4.27. The van der Waals surface area contributed by atoms with E-state index in [0.29, 0.717) is 6.61 Å². The molecule has 0 fully saturated rings. The third-order valence-corrected chi connectivity index (χ3v) is 2.69. The third-order valence-electron chi connectivity index (χ3n) is 2.69. The molecule has 0 bridgehead atoms. The zero-order valence-electron chi connectivity index (χ0n) is 12.8.